The van der Waals surface area contributed by atoms with Crippen LogP contribution in [0.25, 0.3) is 0 Å². The predicted octanol–water partition coefficient (Wildman–Crippen LogP) is 5.70. The molecule has 4 rings (SSSR count). The van der Waals surface area contributed by atoms with E-state index < -0.39 is 5.41 Å². The van der Waals surface area contributed by atoms with E-state index in [2.05, 4.69) is 37.4 Å². The zero-order valence-electron chi connectivity index (χ0n) is 17.0. The van der Waals surface area contributed by atoms with Crippen molar-refractivity contribution in [3.8, 4) is 5.75 Å². The number of rotatable bonds is 5. The number of para-hydroxylation sites is 1. The third-order valence-electron chi connectivity index (χ3n) is 7.01. The van der Waals surface area contributed by atoms with Crippen LogP contribution in [0.5, 0.6) is 5.75 Å². The number of benzene rings is 2. The molecular weight excluding hydrogens is 346 g/mol. The molecule has 1 atom stereocenters. The molecule has 0 bridgehead atoms. The van der Waals surface area contributed by atoms with Gasteiger partial charge >= 0.3 is 0 Å². The summed E-state index contributed by atoms with van der Waals surface area (Å²) in [5.74, 6) is 1.10. The van der Waals surface area contributed by atoms with Gasteiger partial charge in [0.05, 0.1) is 11.5 Å². The van der Waals surface area contributed by atoms with E-state index in [-0.39, 0.29) is 17.6 Å². The lowest BCUT2D eigenvalue weighted by atomic mass is 9.77. The molecule has 1 aliphatic heterocycles. The van der Waals surface area contributed by atoms with Crippen molar-refractivity contribution in [2.75, 3.05) is 0 Å². The molecule has 1 fully saturated rings. The molecule has 3 nitrogen and oxygen atoms in total. The summed E-state index contributed by atoms with van der Waals surface area (Å²) >= 11 is 0. The predicted molar refractivity (Wildman–Crippen MR) is 112 cm³/mol. The van der Waals surface area contributed by atoms with Gasteiger partial charge in [-0.25, -0.2) is 0 Å². The highest BCUT2D eigenvalue weighted by Crippen LogP contribution is 2.45. The van der Waals surface area contributed by atoms with Gasteiger partial charge in [-0.2, -0.15) is 0 Å². The minimum Gasteiger partial charge on any atom is -0.487 e. The van der Waals surface area contributed by atoms with Crippen molar-refractivity contribution in [3.63, 3.8) is 0 Å². The lowest BCUT2D eigenvalue weighted by molar-refractivity contribution is -0.128. The fourth-order valence-corrected chi connectivity index (χ4v) is 5.11. The minimum atomic E-state index is -0.393. The van der Waals surface area contributed by atoms with Crippen LogP contribution in [0.15, 0.2) is 54.6 Å². The van der Waals surface area contributed by atoms with Crippen LogP contribution in [0.4, 0.5) is 0 Å². The van der Waals surface area contributed by atoms with Crippen molar-refractivity contribution in [2.24, 2.45) is 0 Å². The molecule has 0 radical (unpaired) electrons. The van der Waals surface area contributed by atoms with Crippen molar-refractivity contribution in [3.05, 3.63) is 65.7 Å². The normalized spacial score (nSPS) is 22.1. The molecule has 1 amide bonds. The highest BCUT2D eigenvalue weighted by molar-refractivity contribution is 5.89. The fourth-order valence-electron chi connectivity index (χ4n) is 5.11. The molecule has 148 valence electrons. The fraction of sp³-hybridized carbons (Fsp3) is 0.480. The van der Waals surface area contributed by atoms with Crippen LogP contribution in [-0.4, -0.2) is 11.5 Å². The molecule has 3 heteroatoms. The van der Waals surface area contributed by atoms with Gasteiger partial charge < -0.3 is 10.1 Å². The van der Waals surface area contributed by atoms with Crippen LogP contribution in [0.2, 0.25) is 0 Å². The average molecular weight is 378 g/mol. The summed E-state index contributed by atoms with van der Waals surface area (Å²) in [7, 11) is 0. The van der Waals surface area contributed by atoms with Crippen molar-refractivity contribution >= 4 is 5.91 Å². The number of hydrogen-bond acceptors (Lipinski definition) is 2. The van der Waals surface area contributed by atoms with E-state index in [1.165, 1.54) is 0 Å². The van der Waals surface area contributed by atoms with Gasteiger partial charge in [0.25, 0.3) is 0 Å². The first kappa shape index (κ1) is 19.0. The lowest BCUT2D eigenvalue weighted by Crippen LogP contribution is -2.49. The summed E-state index contributed by atoms with van der Waals surface area (Å²) in [6.45, 7) is 4.36. The maximum absolute atomic E-state index is 13.7. The Morgan fingerprint density at radius 1 is 1.00 bits per heavy atom. The summed E-state index contributed by atoms with van der Waals surface area (Å²) in [6, 6.07) is 18.5. The van der Waals surface area contributed by atoms with Crippen LogP contribution in [0, 0.1) is 0 Å². The zero-order chi connectivity index (χ0) is 19.6. The van der Waals surface area contributed by atoms with Gasteiger partial charge in [0.1, 0.15) is 11.4 Å². The highest BCUT2D eigenvalue weighted by atomic mass is 16.5. The Bertz CT molecular complexity index is 819. The van der Waals surface area contributed by atoms with Crippen molar-refractivity contribution in [2.45, 2.75) is 75.9 Å². The zero-order valence-corrected chi connectivity index (χ0v) is 17.0. The van der Waals surface area contributed by atoms with Crippen molar-refractivity contribution < 1.29 is 9.53 Å². The summed E-state index contributed by atoms with van der Waals surface area (Å²) < 4.78 is 6.41. The van der Waals surface area contributed by atoms with Gasteiger partial charge in [0.2, 0.25) is 5.91 Å². The molecule has 1 saturated carbocycles. The molecule has 0 saturated heterocycles. The van der Waals surface area contributed by atoms with E-state index >= 15 is 0 Å². The van der Waals surface area contributed by atoms with Gasteiger partial charge in [-0.15, -0.1) is 0 Å². The summed E-state index contributed by atoms with van der Waals surface area (Å²) in [5, 5.41) is 3.46. The average Bonchev–Trinajstić information content (AvgIpc) is 3.25. The van der Waals surface area contributed by atoms with Crippen LogP contribution in [-0.2, 0) is 10.2 Å². The summed E-state index contributed by atoms with van der Waals surface area (Å²) in [5.41, 5.74) is 1.66. The summed E-state index contributed by atoms with van der Waals surface area (Å²) in [4.78, 5) is 13.7. The number of nitrogens with one attached hydrogen (secondary N) is 1. The molecule has 1 heterocycles. The third kappa shape index (κ3) is 3.21. The number of fused-ring (bicyclic) bond motifs is 1. The smallest absolute Gasteiger partial charge is 0.231 e. The quantitative estimate of drug-likeness (QED) is 0.726. The monoisotopic (exact) mass is 377 g/mol. The molecule has 2 aromatic carbocycles. The Labute approximate surface area is 168 Å². The third-order valence-corrected chi connectivity index (χ3v) is 7.01. The standard InChI is InChI=1S/C25H31NO2/c1-3-24(4-2)18-21(20-14-8-9-15-22(20)28-24)26-23(27)25(16-10-11-17-25)19-12-6-5-7-13-19/h5-9,12-15,21H,3-4,10-11,16-18H2,1-2H3,(H,26,27). The molecular formula is C25H31NO2. The molecule has 0 aromatic heterocycles. The maximum Gasteiger partial charge on any atom is 0.231 e. The molecule has 2 aromatic rings. The molecule has 2 aliphatic rings. The van der Waals surface area contributed by atoms with Crippen molar-refractivity contribution in [1.29, 1.82) is 0 Å². The van der Waals surface area contributed by atoms with Gasteiger partial charge in [0, 0.05) is 12.0 Å². The first-order valence-corrected chi connectivity index (χ1v) is 10.8. The lowest BCUT2D eigenvalue weighted by Gasteiger charge is -2.42. The number of hydrogen-bond donors (Lipinski definition) is 1. The van der Waals surface area contributed by atoms with E-state index in [1.54, 1.807) is 0 Å². The number of carbonyl (C=O) groups excluding carboxylic acids is 1. The Morgan fingerprint density at radius 3 is 2.32 bits per heavy atom. The van der Waals surface area contributed by atoms with E-state index in [1.807, 2.05) is 36.4 Å². The first-order valence-electron chi connectivity index (χ1n) is 10.8. The Morgan fingerprint density at radius 2 is 1.64 bits per heavy atom. The number of amides is 1. The maximum atomic E-state index is 13.7. The topological polar surface area (TPSA) is 38.3 Å². The second-order valence-corrected chi connectivity index (χ2v) is 8.42. The SMILES string of the molecule is CCC1(CC)CC(NC(=O)C2(c3ccccc3)CCCC2)c2ccccc2O1. The van der Waals surface area contributed by atoms with Gasteiger partial charge in [0.15, 0.2) is 0 Å². The molecule has 1 N–H and O–H groups in total. The second kappa shape index (κ2) is 7.62. The molecule has 28 heavy (non-hydrogen) atoms. The van der Waals surface area contributed by atoms with Gasteiger partial charge in [-0.05, 0) is 37.3 Å². The molecule has 0 spiro atoms. The Kier molecular flexibility index (Phi) is 5.18. The first-order chi connectivity index (χ1) is 13.6. The molecule has 1 unspecified atom stereocenters. The highest BCUT2D eigenvalue weighted by Gasteiger charge is 2.45. The van der Waals surface area contributed by atoms with E-state index in [4.69, 9.17) is 4.74 Å². The Balaban J connectivity index is 1.66. The molecule has 1 aliphatic carbocycles. The Hall–Kier alpha value is -2.29. The van der Waals surface area contributed by atoms with Crippen LogP contribution < -0.4 is 10.1 Å². The van der Waals surface area contributed by atoms with Crippen molar-refractivity contribution in [1.82, 2.24) is 5.32 Å². The number of carbonyl (C=O) groups is 1. The van der Waals surface area contributed by atoms with E-state index in [9.17, 15) is 4.79 Å². The second-order valence-electron chi connectivity index (χ2n) is 8.42. The van der Waals surface area contributed by atoms with Crippen LogP contribution in [0.3, 0.4) is 0 Å². The van der Waals surface area contributed by atoms with Crippen LogP contribution >= 0.6 is 0 Å². The minimum absolute atomic E-state index is 0.00135. The van der Waals surface area contributed by atoms with Gasteiger partial charge in [-0.1, -0.05) is 75.2 Å². The number of ether oxygens (including phenoxy) is 1. The summed E-state index contributed by atoms with van der Waals surface area (Å²) in [6.07, 6.45) is 6.79. The van der Waals surface area contributed by atoms with E-state index in [0.29, 0.717) is 0 Å². The van der Waals surface area contributed by atoms with E-state index in [0.717, 1.165) is 61.8 Å². The van der Waals surface area contributed by atoms with Gasteiger partial charge in [-0.3, -0.25) is 4.79 Å². The van der Waals surface area contributed by atoms with Crippen LogP contribution in [0.1, 0.15) is 76.0 Å². The largest absolute Gasteiger partial charge is 0.487 e.